The third-order valence-electron chi connectivity index (χ3n) is 1.66. The molecule has 0 aromatic carbocycles. The quantitative estimate of drug-likeness (QED) is 0.726. The minimum atomic E-state index is -3.42. The van der Waals surface area contributed by atoms with Crippen LogP contribution >= 0.6 is 20.7 Å². The van der Waals surface area contributed by atoms with Gasteiger partial charge in [-0.15, -0.1) is 0 Å². The number of nitrogens with zero attached hydrogens (tertiary/aromatic N) is 1. The molecular formula is C10H10INO2S. The summed E-state index contributed by atoms with van der Waals surface area (Å²) >= 11 is -0.217. The van der Waals surface area contributed by atoms with Crippen LogP contribution in [0.15, 0.2) is 32.8 Å². The van der Waals surface area contributed by atoms with Crippen molar-refractivity contribution in [2.75, 3.05) is 5.75 Å². The Kier molecular flexibility index (Phi) is 4.42. The Morgan fingerprint density at radius 3 is 2.87 bits per heavy atom. The summed E-state index contributed by atoms with van der Waals surface area (Å²) in [5.41, 5.74) is 0. The average molecular weight is 335 g/mol. The lowest BCUT2D eigenvalue weighted by Crippen LogP contribution is -2.06. The summed E-state index contributed by atoms with van der Waals surface area (Å²) in [6, 6.07) is 1.67. The van der Waals surface area contributed by atoms with Gasteiger partial charge in [-0.05, 0) is 26.7 Å². The highest BCUT2D eigenvalue weighted by Crippen LogP contribution is 2.17. The molecule has 0 saturated heterocycles. The van der Waals surface area contributed by atoms with Gasteiger partial charge in [-0.2, -0.15) is 5.26 Å². The van der Waals surface area contributed by atoms with E-state index in [4.69, 9.17) is 5.26 Å². The first kappa shape index (κ1) is 12.3. The van der Waals surface area contributed by atoms with Gasteiger partial charge in [-0.25, -0.2) is 8.42 Å². The van der Waals surface area contributed by atoms with Gasteiger partial charge in [0.05, 0.1) is 11.0 Å². The summed E-state index contributed by atoms with van der Waals surface area (Å²) in [6.45, 7) is 2.02. The van der Waals surface area contributed by atoms with Crippen LogP contribution in [0.1, 0.15) is 6.92 Å². The maximum Gasteiger partial charge on any atom is 0.191 e. The molecule has 0 amide bonds. The van der Waals surface area contributed by atoms with Crippen LogP contribution in [0.5, 0.6) is 0 Å². The van der Waals surface area contributed by atoms with Crippen molar-refractivity contribution in [2.45, 2.75) is 6.92 Å². The molecule has 1 aliphatic rings. The molecule has 5 heteroatoms. The van der Waals surface area contributed by atoms with Crippen molar-refractivity contribution < 1.29 is 8.42 Å². The fraction of sp³-hybridized carbons (Fsp3) is 0.200. The standard InChI is InChI=1S/C10H10INO2S/c1-9-3-2-4-10(5-6-11-9)15(13,14)8-7-12/h2-6H,8H2,1H3. The fourth-order valence-electron chi connectivity index (χ4n) is 0.936. The second-order valence-corrected chi connectivity index (χ2v) is 7.87. The SMILES string of the molecule is CC1=CC=CC(S(=O)(=O)CC#N)=CC=I1. The van der Waals surface area contributed by atoms with Gasteiger partial charge in [0.25, 0.3) is 0 Å². The lowest BCUT2D eigenvalue weighted by molar-refractivity contribution is 0.606. The zero-order valence-corrected chi connectivity index (χ0v) is 11.1. The predicted molar refractivity (Wildman–Crippen MR) is 70.5 cm³/mol. The lowest BCUT2D eigenvalue weighted by atomic mass is 10.4. The van der Waals surface area contributed by atoms with Gasteiger partial charge in [-0.1, -0.05) is 32.9 Å². The summed E-state index contributed by atoms with van der Waals surface area (Å²) in [6.07, 6.45) is 6.78. The molecule has 0 aromatic rings. The highest BCUT2D eigenvalue weighted by Gasteiger charge is 2.14. The van der Waals surface area contributed by atoms with Gasteiger partial charge in [-0.3, -0.25) is 0 Å². The average Bonchev–Trinajstić information content (AvgIpc) is 2.10. The molecule has 15 heavy (non-hydrogen) atoms. The summed E-state index contributed by atoms with van der Waals surface area (Å²) in [5, 5.41) is 8.40. The van der Waals surface area contributed by atoms with E-state index in [1.165, 1.54) is 9.66 Å². The number of halogens is 1. The first-order chi connectivity index (χ1) is 7.06. The summed E-state index contributed by atoms with van der Waals surface area (Å²) in [5.74, 6) is -0.460. The molecule has 1 aliphatic heterocycles. The molecule has 1 rings (SSSR count). The van der Waals surface area contributed by atoms with Crippen molar-refractivity contribution in [2.24, 2.45) is 0 Å². The molecule has 0 fully saturated rings. The fourth-order valence-corrected chi connectivity index (χ4v) is 3.63. The number of hydrogen-bond donors (Lipinski definition) is 0. The van der Waals surface area contributed by atoms with E-state index < -0.39 is 15.6 Å². The van der Waals surface area contributed by atoms with E-state index in [2.05, 4.69) is 0 Å². The Bertz CT molecular complexity index is 504. The number of rotatable bonds is 2. The molecule has 0 unspecified atom stereocenters. The maximum atomic E-state index is 11.6. The van der Waals surface area contributed by atoms with E-state index in [0.29, 0.717) is 0 Å². The van der Waals surface area contributed by atoms with E-state index in [1.807, 2.05) is 17.0 Å². The van der Waals surface area contributed by atoms with E-state index in [0.717, 1.165) is 0 Å². The lowest BCUT2D eigenvalue weighted by Gasteiger charge is -2.00. The molecule has 0 saturated carbocycles. The van der Waals surface area contributed by atoms with E-state index in [9.17, 15) is 8.42 Å². The minimum Gasteiger partial charge on any atom is -0.223 e. The van der Waals surface area contributed by atoms with Crippen molar-refractivity contribution in [3.8, 4) is 6.07 Å². The van der Waals surface area contributed by atoms with Gasteiger partial charge < -0.3 is 0 Å². The van der Waals surface area contributed by atoms with Crippen LogP contribution in [-0.2, 0) is 9.84 Å². The van der Waals surface area contributed by atoms with Crippen LogP contribution in [-0.4, -0.2) is 18.2 Å². The van der Waals surface area contributed by atoms with Crippen molar-refractivity contribution in [1.29, 1.82) is 5.26 Å². The molecule has 0 spiro atoms. The van der Waals surface area contributed by atoms with Crippen LogP contribution in [0.4, 0.5) is 0 Å². The molecule has 3 nitrogen and oxygen atoms in total. The Morgan fingerprint density at radius 1 is 1.47 bits per heavy atom. The van der Waals surface area contributed by atoms with Crippen molar-refractivity contribution in [1.82, 2.24) is 0 Å². The first-order valence-electron chi connectivity index (χ1n) is 4.18. The largest absolute Gasteiger partial charge is 0.223 e. The van der Waals surface area contributed by atoms with Crippen LogP contribution in [0, 0.1) is 11.3 Å². The second kappa shape index (κ2) is 5.37. The third kappa shape index (κ3) is 3.72. The van der Waals surface area contributed by atoms with Crippen molar-refractivity contribution in [3.63, 3.8) is 0 Å². The van der Waals surface area contributed by atoms with Gasteiger partial charge in [0.1, 0.15) is 5.75 Å². The summed E-state index contributed by atoms with van der Waals surface area (Å²) in [7, 11) is -3.42. The van der Waals surface area contributed by atoms with Gasteiger partial charge in [0.2, 0.25) is 0 Å². The minimum absolute atomic E-state index is 0.217. The molecular weight excluding hydrogens is 325 g/mol. The molecule has 0 atom stereocenters. The van der Waals surface area contributed by atoms with E-state index in [1.54, 1.807) is 18.2 Å². The number of allylic oxidation sites excluding steroid dienone is 5. The zero-order chi connectivity index (χ0) is 11.3. The smallest absolute Gasteiger partial charge is 0.191 e. The Balaban J connectivity index is 3.06. The summed E-state index contributed by atoms with van der Waals surface area (Å²) < 4.78 is 26.3. The molecule has 0 bridgehead atoms. The highest BCUT2D eigenvalue weighted by molar-refractivity contribution is 14.2. The molecule has 0 aromatic heterocycles. The van der Waals surface area contributed by atoms with Gasteiger partial charge in [0.15, 0.2) is 9.84 Å². The van der Waals surface area contributed by atoms with Crippen molar-refractivity contribution >= 4 is 34.6 Å². The third-order valence-corrected chi connectivity index (χ3v) is 5.22. The molecule has 0 N–H and O–H groups in total. The number of sulfone groups is 1. The maximum absolute atomic E-state index is 11.6. The van der Waals surface area contributed by atoms with Crippen molar-refractivity contribution in [3.05, 3.63) is 32.8 Å². The molecule has 0 aliphatic carbocycles. The normalized spacial score (nSPS) is 16.5. The van der Waals surface area contributed by atoms with Gasteiger partial charge >= 0.3 is 0 Å². The van der Waals surface area contributed by atoms with Crippen LogP contribution < -0.4 is 0 Å². The highest BCUT2D eigenvalue weighted by atomic mass is 127. The van der Waals surface area contributed by atoms with Crippen LogP contribution in [0.3, 0.4) is 0 Å². The predicted octanol–water partition coefficient (Wildman–Crippen LogP) is 2.06. The van der Waals surface area contributed by atoms with E-state index in [-0.39, 0.29) is 25.6 Å². The summed E-state index contributed by atoms with van der Waals surface area (Å²) in [4.78, 5) is 0.229. The van der Waals surface area contributed by atoms with Gasteiger partial charge in [0, 0.05) is 0 Å². The van der Waals surface area contributed by atoms with Crippen LogP contribution in [0.2, 0.25) is 0 Å². The Labute approximate surface area is 99.5 Å². The topological polar surface area (TPSA) is 57.9 Å². The van der Waals surface area contributed by atoms with E-state index >= 15 is 0 Å². The zero-order valence-electron chi connectivity index (χ0n) is 8.14. The Morgan fingerprint density at radius 2 is 2.20 bits per heavy atom. The monoisotopic (exact) mass is 335 g/mol. The molecule has 0 radical (unpaired) electrons. The molecule has 80 valence electrons. The molecule has 1 heterocycles. The number of nitriles is 1. The second-order valence-electron chi connectivity index (χ2n) is 2.83. The first-order valence-corrected chi connectivity index (χ1v) is 8.15. The number of hydrogen-bond acceptors (Lipinski definition) is 3. The Hall–Kier alpha value is -0.740. The van der Waals surface area contributed by atoms with Crippen LogP contribution in [0.25, 0.3) is 0 Å².